The summed E-state index contributed by atoms with van der Waals surface area (Å²) in [7, 11) is 0. The highest BCUT2D eigenvalue weighted by molar-refractivity contribution is 7.99. The molecule has 1 aliphatic heterocycles. The zero-order valence-corrected chi connectivity index (χ0v) is 37.7. The van der Waals surface area contributed by atoms with Crippen LogP contribution in [-0.4, -0.2) is 15.0 Å². The van der Waals surface area contributed by atoms with Gasteiger partial charge in [-0.1, -0.05) is 207 Å². The van der Waals surface area contributed by atoms with Crippen molar-refractivity contribution >= 4 is 50.2 Å². The lowest BCUT2D eigenvalue weighted by Crippen LogP contribution is -2.31. The van der Waals surface area contributed by atoms with Gasteiger partial charge in [-0.05, 0) is 99.8 Å². The minimum Gasteiger partial charge on any atom is -0.247 e. The highest BCUT2D eigenvalue weighted by Crippen LogP contribution is 2.63. The van der Waals surface area contributed by atoms with Gasteiger partial charge < -0.3 is 0 Å². The van der Waals surface area contributed by atoms with Gasteiger partial charge in [-0.2, -0.15) is 0 Å². The average Bonchev–Trinajstić information content (AvgIpc) is 3.67. The molecule has 314 valence electrons. The molecule has 1 aliphatic carbocycles. The summed E-state index contributed by atoms with van der Waals surface area (Å²) in [4.78, 5) is 18.1. The van der Waals surface area contributed by atoms with Crippen LogP contribution in [0.15, 0.2) is 235 Å². The van der Waals surface area contributed by atoms with Crippen LogP contribution in [0.2, 0.25) is 0 Å². The Morgan fingerprint density at radius 1 is 0.591 bits per heavy atom. The quantitative estimate of drug-likeness (QED) is 0.107. The van der Waals surface area contributed by atoms with Crippen LogP contribution in [0.3, 0.4) is 0 Å². The largest absolute Gasteiger partial charge is 0.247 e. The second-order valence-electron chi connectivity index (χ2n) is 16.6. The molecule has 0 bridgehead atoms. The topological polar surface area (TPSA) is 38.7 Å². The zero-order valence-electron chi connectivity index (χ0n) is 36.9. The Kier molecular flexibility index (Phi) is 10.5. The first kappa shape index (κ1) is 40.8. The SMILES string of the molecule is C=C/C(=C\C=C/C)c1cc(-c2cccc(C(=C)/C=C\C(=C/C)c3nc4ccccc4c4c5c(ccc34)C3(c4ccccc4Sc4ccccc43)c3ccccc3-5)c2)nc(-c2ccccc2)n1. The van der Waals surface area contributed by atoms with E-state index in [0.717, 1.165) is 66.8 Å². The van der Waals surface area contributed by atoms with Gasteiger partial charge in [-0.15, -0.1) is 0 Å². The molecule has 0 unspecified atom stereocenters. The molecule has 7 aromatic carbocycles. The molecule has 3 heterocycles. The predicted molar refractivity (Wildman–Crippen MR) is 278 cm³/mol. The van der Waals surface area contributed by atoms with Crippen molar-refractivity contribution in [3.8, 4) is 33.8 Å². The lowest BCUT2D eigenvalue weighted by atomic mass is 9.67. The summed E-state index contributed by atoms with van der Waals surface area (Å²) >= 11 is 1.87. The summed E-state index contributed by atoms with van der Waals surface area (Å²) in [6.45, 7) is 12.8. The van der Waals surface area contributed by atoms with E-state index in [2.05, 4.69) is 172 Å². The van der Waals surface area contributed by atoms with E-state index in [1.54, 1.807) is 0 Å². The minimum absolute atomic E-state index is 0.466. The van der Waals surface area contributed by atoms with Crippen LogP contribution in [-0.2, 0) is 5.41 Å². The normalized spacial score (nSPS) is 13.8. The number of fused-ring (bicyclic) bond motifs is 13. The Morgan fingerprint density at radius 2 is 1.29 bits per heavy atom. The molecule has 0 fully saturated rings. The monoisotopic (exact) mass is 863 g/mol. The van der Waals surface area contributed by atoms with E-state index in [9.17, 15) is 0 Å². The fourth-order valence-electron chi connectivity index (χ4n) is 10.00. The van der Waals surface area contributed by atoms with Gasteiger partial charge in [0, 0.05) is 37.1 Å². The van der Waals surface area contributed by atoms with Gasteiger partial charge in [0.2, 0.25) is 0 Å². The maximum Gasteiger partial charge on any atom is 0.160 e. The van der Waals surface area contributed by atoms with Gasteiger partial charge >= 0.3 is 0 Å². The molecule has 0 radical (unpaired) electrons. The van der Waals surface area contributed by atoms with Crippen LogP contribution in [0.5, 0.6) is 0 Å². The lowest BCUT2D eigenvalue weighted by Gasteiger charge is -2.39. The molecule has 0 saturated heterocycles. The van der Waals surface area contributed by atoms with Crippen LogP contribution in [0.4, 0.5) is 0 Å². The molecule has 2 aromatic heterocycles. The van der Waals surface area contributed by atoms with Crippen molar-refractivity contribution < 1.29 is 0 Å². The number of aromatic nitrogens is 3. The van der Waals surface area contributed by atoms with Crippen LogP contribution < -0.4 is 0 Å². The lowest BCUT2D eigenvalue weighted by molar-refractivity contribution is 0.723. The Morgan fingerprint density at radius 3 is 2.05 bits per heavy atom. The van der Waals surface area contributed by atoms with Crippen molar-refractivity contribution in [2.75, 3.05) is 0 Å². The standard InChI is InChI=1S/C62H45N3S/c1-5-8-21-41(6-2)54-39-55(65-61(64-54)43-22-10-9-11-23-43)45-25-20-24-44(38-45)40(4)34-35-42(7-3)60-48-36-37-52-59(58(48)47-27-13-17-31-53(47)63-60)46-26-12-14-28-49(46)62(52)50-29-15-18-32-56(50)66-57-33-19-16-30-51(57)62/h5-39H,2,4H2,1,3H3/b8-5-,35-34-,41-21+,42-7+. The third kappa shape index (κ3) is 6.64. The second kappa shape index (κ2) is 16.9. The molecule has 0 saturated carbocycles. The van der Waals surface area contributed by atoms with E-state index in [0.29, 0.717) is 5.82 Å². The average molecular weight is 864 g/mol. The highest BCUT2D eigenvalue weighted by atomic mass is 32.2. The molecule has 66 heavy (non-hydrogen) atoms. The Hall–Kier alpha value is -7.92. The van der Waals surface area contributed by atoms with E-state index in [1.165, 1.54) is 48.6 Å². The molecule has 1 spiro atoms. The van der Waals surface area contributed by atoms with E-state index in [1.807, 2.05) is 79.4 Å². The van der Waals surface area contributed by atoms with Crippen molar-refractivity contribution in [2.24, 2.45) is 0 Å². The molecule has 0 N–H and O–H groups in total. The molecule has 3 nitrogen and oxygen atoms in total. The van der Waals surface area contributed by atoms with Crippen molar-refractivity contribution in [2.45, 2.75) is 29.1 Å². The van der Waals surface area contributed by atoms with Crippen molar-refractivity contribution in [3.05, 3.63) is 265 Å². The van der Waals surface area contributed by atoms with Crippen LogP contribution >= 0.6 is 11.8 Å². The Labute approximate surface area is 390 Å². The van der Waals surface area contributed by atoms with E-state index < -0.39 is 5.41 Å². The van der Waals surface area contributed by atoms with Crippen LogP contribution in [0.25, 0.3) is 72.2 Å². The third-order valence-corrected chi connectivity index (χ3v) is 14.1. The summed E-state index contributed by atoms with van der Waals surface area (Å²) in [5.41, 5.74) is 16.6. The summed E-state index contributed by atoms with van der Waals surface area (Å²) in [5, 5.41) is 3.49. The number of para-hydroxylation sites is 1. The molecule has 2 aliphatic rings. The molecular formula is C62H45N3S. The highest BCUT2D eigenvalue weighted by Gasteiger charge is 2.50. The van der Waals surface area contributed by atoms with Gasteiger partial charge in [0.25, 0.3) is 0 Å². The molecule has 9 aromatic rings. The summed E-state index contributed by atoms with van der Waals surface area (Å²) < 4.78 is 0. The first-order valence-electron chi connectivity index (χ1n) is 22.4. The number of allylic oxidation sites excluding steroid dienone is 10. The fourth-order valence-corrected chi connectivity index (χ4v) is 11.2. The number of rotatable bonds is 9. The van der Waals surface area contributed by atoms with Gasteiger partial charge in [-0.25, -0.2) is 15.0 Å². The molecule has 11 rings (SSSR count). The minimum atomic E-state index is -0.466. The third-order valence-electron chi connectivity index (χ3n) is 13.0. The number of pyridine rings is 1. The predicted octanol–water partition coefficient (Wildman–Crippen LogP) is 16.2. The van der Waals surface area contributed by atoms with Crippen LogP contribution in [0, 0.1) is 0 Å². The molecular weight excluding hydrogens is 819 g/mol. The van der Waals surface area contributed by atoms with E-state index in [-0.39, 0.29) is 0 Å². The summed E-state index contributed by atoms with van der Waals surface area (Å²) in [6, 6.07) is 60.9. The smallest absolute Gasteiger partial charge is 0.160 e. The molecule has 4 heteroatoms. The second-order valence-corrected chi connectivity index (χ2v) is 17.7. The fraction of sp³-hybridized carbons (Fsp3) is 0.0484. The van der Waals surface area contributed by atoms with Crippen molar-refractivity contribution in [3.63, 3.8) is 0 Å². The van der Waals surface area contributed by atoms with Gasteiger partial charge in [-0.3, -0.25) is 0 Å². The summed E-state index contributed by atoms with van der Waals surface area (Å²) in [5.74, 6) is 0.657. The maximum absolute atomic E-state index is 5.44. The van der Waals surface area contributed by atoms with E-state index in [4.69, 9.17) is 15.0 Å². The van der Waals surface area contributed by atoms with E-state index >= 15 is 0 Å². The van der Waals surface area contributed by atoms with Crippen molar-refractivity contribution in [1.29, 1.82) is 0 Å². The first-order chi connectivity index (χ1) is 32.5. The van der Waals surface area contributed by atoms with Crippen LogP contribution in [0.1, 0.15) is 53.1 Å². The van der Waals surface area contributed by atoms with Gasteiger partial charge in [0.05, 0.1) is 28.0 Å². The first-order valence-corrected chi connectivity index (χ1v) is 23.2. The molecule has 0 amide bonds. The zero-order chi connectivity index (χ0) is 44.8. The Bertz CT molecular complexity index is 3530. The number of benzene rings is 7. The number of hydrogen-bond acceptors (Lipinski definition) is 4. The van der Waals surface area contributed by atoms with Crippen molar-refractivity contribution in [1.82, 2.24) is 15.0 Å². The number of hydrogen-bond donors (Lipinski definition) is 0. The molecule has 0 atom stereocenters. The van der Waals surface area contributed by atoms with Gasteiger partial charge in [0.1, 0.15) is 0 Å². The maximum atomic E-state index is 5.44. The summed E-state index contributed by atoms with van der Waals surface area (Å²) in [6.07, 6.45) is 14.3. The Balaban J connectivity index is 1.03. The number of nitrogens with zero attached hydrogens (tertiary/aromatic N) is 3. The van der Waals surface area contributed by atoms with Gasteiger partial charge in [0.15, 0.2) is 5.82 Å².